The molecule has 0 aromatic carbocycles. The number of thioether (sulfide) groups is 2. The van der Waals surface area contributed by atoms with Gasteiger partial charge in [0.05, 0.1) is 4.88 Å². The highest BCUT2D eigenvalue weighted by molar-refractivity contribution is 7.98. The van der Waals surface area contributed by atoms with E-state index in [1.165, 1.54) is 28.0 Å². The Morgan fingerprint density at radius 3 is 3.00 bits per heavy atom. The smallest absolute Gasteiger partial charge is 0.224 e. The molecule has 0 unspecified atom stereocenters. The number of hydrogen-bond acceptors (Lipinski definition) is 7. The highest BCUT2D eigenvalue weighted by Gasteiger charge is 2.16. The van der Waals surface area contributed by atoms with Crippen LogP contribution in [-0.4, -0.2) is 27.0 Å². The van der Waals surface area contributed by atoms with Gasteiger partial charge >= 0.3 is 0 Å². The van der Waals surface area contributed by atoms with E-state index >= 15 is 0 Å². The van der Waals surface area contributed by atoms with Crippen LogP contribution in [0.4, 0.5) is 5.95 Å². The van der Waals surface area contributed by atoms with Crippen molar-refractivity contribution in [3.63, 3.8) is 0 Å². The van der Waals surface area contributed by atoms with Crippen LogP contribution in [0.5, 0.6) is 0 Å². The van der Waals surface area contributed by atoms with Gasteiger partial charge in [-0.3, -0.25) is 0 Å². The van der Waals surface area contributed by atoms with Crippen molar-refractivity contribution < 1.29 is 0 Å². The van der Waals surface area contributed by atoms with Crippen molar-refractivity contribution in [3.05, 3.63) is 16.5 Å². The SMILES string of the molecule is CSc1nc(N)nc(-c2cc3c(s2)CCSC3)n1. The van der Waals surface area contributed by atoms with Crippen molar-refractivity contribution in [1.82, 2.24) is 15.0 Å². The lowest BCUT2D eigenvalue weighted by molar-refractivity contribution is 0.930. The summed E-state index contributed by atoms with van der Waals surface area (Å²) in [7, 11) is 0. The highest BCUT2D eigenvalue weighted by atomic mass is 32.2. The van der Waals surface area contributed by atoms with E-state index < -0.39 is 0 Å². The van der Waals surface area contributed by atoms with Gasteiger partial charge in [-0.25, -0.2) is 4.98 Å². The molecule has 0 spiro atoms. The molecule has 4 nitrogen and oxygen atoms in total. The number of nitrogens with two attached hydrogens (primary N) is 1. The molecule has 0 fully saturated rings. The predicted octanol–water partition coefficient (Wildman–Crippen LogP) is 2.69. The van der Waals surface area contributed by atoms with Crippen molar-refractivity contribution in [2.75, 3.05) is 17.7 Å². The van der Waals surface area contributed by atoms with Crippen LogP contribution in [0.2, 0.25) is 0 Å². The lowest BCUT2D eigenvalue weighted by Crippen LogP contribution is -2.00. The first kappa shape index (κ1) is 12.3. The van der Waals surface area contributed by atoms with Crippen LogP contribution in [-0.2, 0) is 12.2 Å². The van der Waals surface area contributed by atoms with Crippen molar-refractivity contribution >= 4 is 40.8 Å². The van der Waals surface area contributed by atoms with Gasteiger partial charge in [-0.2, -0.15) is 21.7 Å². The number of aryl methyl sites for hydroxylation is 1. The molecule has 1 aliphatic rings. The van der Waals surface area contributed by atoms with Crippen molar-refractivity contribution in [1.29, 1.82) is 0 Å². The second-order valence-corrected chi connectivity index (χ2v) is 6.88. The van der Waals surface area contributed by atoms with Gasteiger partial charge in [0.2, 0.25) is 5.95 Å². The fourth-order valence-electron chi connectivity index (χ4n) is 1.83. The summed E-state index contributed by atoms with van der Waals surface area (Å²) in [6.07, 6.45) is 3.09. The van der Waals surface area contributed by atoms with Crippen LogP contribution in [0.1, 0.15) is 10.4 Å². The topological polar surface area (TPSA) is 64.7 Å². The number of rotatable bonds is 2. The first-order valence-corrected chi connectivity index (χ1v) is 8.71. The standard InChI is InChI=1S/C11H12N4S3/c1-16-11-14-9(13-10(12)15-11)8-4-6-5-17-3-2-7(6)18-8/h4H,2-3,5H2,1H3,(H2,12,13,14,15). The number of thiophene rings is 1. The molecular formula is C11H12N4S3. The molecule has 0 saturated carbocycles. The van der Waals surface area contributed by atoms with Crippen molar-refractivity contribution in [3.8, 4) is 10.7 Å². The van der Waals surface area contributed by atoms with Gasteiger partial charge in [-0.05, 0) is 30.1 Å². The number of nitrogens with zero attached hydrogens (tertiary/aromatic N) is 3. The third-order valence-corrected chi connectivity index (χ3v) is 5.45. The first-order chi connectivity index (χ1) is 8.76. The van der Waals surface area contributed by atoms with Gasteiger partial charge < -0.3 is 5.73 Å². The summed E-state index contributed by atoms with van der Waals surface area (Å²) >= 11 is 5.25. The number of fused-ring (bicyclic) bond motifs is 1. The summed E-state index contributed by atoms with van der Waals surface area (Å²) in [6.45, 7) is 0. The molecule has 0 radical (unpaired) electrons. The van der Waals surface area contributed by atoms with E-state index in [-0.39, 0.29) is 0 Å². The minimum Gasteiger partial charge on any atom is -0.368 e. The normalized spacial score (nSPS) is 14.5. The third-order valence-electron chi connectivity index (χ3n) is 2.66. The van der Waals surface area contributed by atoms with E-state index in [0.717, 1.165) is 17.1 Å². The van der Waals surface area contributed by atoms with Crippen LogP contribution < -0.4 is 5.73 Å². The molecule has 0 bridgehead atoms. The Morgan fingerprint density at radius 2 is 2.22 bits per heavy atom. The van der Waals surface area contributed by atoms with E-state index in [1.807, 2.05) is 18.0 Å². The van der Waals surface area contributed by atoms with Gasteiger partial charge in [0.1, 0.15) is 0 Å². The van der Waals surface area contributed by atoms with E-state index in [9.17, 15) is 0 Å². The molecule has 94 valence electrons. The molecule has 0 amide bonds. The molecule has 1 aliphatic heterocycles. The third kappa shape index (κ3) is 2.34. The fourth-order valence-corrected chi connectivity index (χ4v) is 4.50. The zero-order chi connectivity index (χ0) is 12.5. The summed E-state index contributed by atoms with van der Waals surface area (Å²) < 4.78 is 0. The molecule has 0 aliphatic carbocycles. The molecule has 3 heterocycles. The zero-order valence-corrected chi connectivity index (χ0v) is 12.3. The highest BCUT2D eigenvalue weighted by Crippen LogP contribution is 2.36. The lowest BCUT2D eigenvalue weighted by atomic mass is 10.2. The van der Waals surface area contributed by atoms with Crippen LogP contribution in [0.25, 0.3) is 10.7 Å². The Labute approximate surface area is 118 Å². The number of aromatic nitrogens is 3. The minimum absolute atomic E-state index is 0.296. The number of nitrogen functional groups attached to an aromatic ring is 1. The Balaban J connectivity index is 2.03. The summed E-state index contributed by atoms with van der Waals surface area (Å²) in [6, 6.07) is 2.20. The monoisotopic (exact) mass is 296 g/mol. The summed E-state index contributed by atoms with van der Waals surface area (Å²) in [5, 5.41) is 0.679. The maximum absolute atomic E-state index is 5.72. The Bertz CT molecular complexity index is 558. The second kappa shape index (κ2) is 5.07. The Kier molecular flexibility index (Phi) is 3.45. The van der Waals surface area contributed by atoms with Gasteiger partial charge in [0.15, 0.2) is 11.0 Å². The molecular weight excluding hydrogens is 284 g/mol. The Hall–Kier alpha value is -0.790. The van der Waals surface area contributed by atoms with E-state index in [1.54, 1.807) is 11.3 Å². The molecule has 7 heteroatoms. The lowest BCUT2D eigenvalue weighted by Gasteiger charge is -2.08. The molecule has 18 heavy (non-hydrogen) atoms. The van der Waals surface area contributed by atoms with Gasteiger partial charge in [-0.1, -0.05) is 11.8 Å². The number of anilines is 1. The van der Waals surface area contributed by atoms with Crippen LogP contribution in [0.3, 0.4) is 0 Å². The van der Waals surface area contributed by atoms with Gasteiger partial charge in [-0.15, -0.1) is 11.3 Å². The minimum atomic E-state index is 0.296. The average molecular weight is 296 g/mol. The molecule has 2 aromatic heterocycles. The molecule has 3 rings (SSSR count). The average Bonchev–Trinajstić information content (AvgIpc) is 2.81. The number of hydrogen-bond donors (Lipinski definition) is 1. The van der Waals surface area contributed by atoms with Gasteiger partial charge in [0, 0.05) is 10.6 Å². The van der Waals surface area contributed by atoms with E-state index in [4.69, 9.17) is 5.73 Å². The maximum Gasteiger partial charge on any atom is 0.224 e. The zero-order valence-electron chi connectivity index (χ0n) is 9.84. The summed E-state index contributed by atoms with van der Waals surface area (Å²) in [4.78, 5) is 15.3. The van der Waals surface area contributed by atoms with Crippen molar-refractivity contribution in [2.45, 2.75) is 17.3 Å². The van der Waals surface area contributed by atoms with Gasteiger partial charge in [0.25, 0.3) is 0 Å². The molecule has 0 saturated heterocycles. The van der Waals surface area contributed by atoms with E-state index in [0.29, 0.717) is 16.9 Å². The fraction of sp³-hybridized carbons (Fsp3) is 0.364. The second-order valence-electron chi connectivity index (χ2n) is 3.87. The van der Waals surface area contributed by atoms with Crippen LogP contribution in [0, 0.1) is 0 Å². The summed E-state index contributed by atoms with van der Waals surface area (Å²) in [5.74, 6) is 3.31. The first-order valence-electron chi connectivity index (χ1n) is 5.51. The quantitative estimate of drug-likeness (QED) is 0.860. The largest absolute Gasteiger partial charge is 0.368 e. The molecule has 0 atom stereocenters. The molecule has 2 N–H and O–H groups in total. The predicted molar refractivity (Wildman–Crippen MR) is 79.2 cm³/mol. The van der Waals surface area contributed by atoms with Crippen molar-refractivity contribution in [2.24, 2.45) is 0 Å². The van der Waals surface area contributed by atoms with Crippen LogP contribution in [0.15, 0.2) is 11.2 Å². The Morgan fingerprint density at radius 1 is 1.33 bits per heavy atom. The van der Waals surface area contributed by atoms with Crippen LogP contribution >= 0.6 is 34.9 Å². The van der Waals surface area contributed by atoms with E-state index in [2.05, 4.69) is 21.0 Å². The molecule has 2 aromatic rings. The maximum atomic E-state index is 5.72. The summed E-state index contributed by atoms with van der Waals surface area (Å²) in [5.41, 5.74) is 7.15.